The zero-order valence-corrected chi connectivity index (χ0v) is 31.7. The predicted molar refractivity (Wildman–Crippen MR) is 236 cm³/mol. The van der Waals surface area contributed by atoms with Crippen LogP contribution in [0.5, 0.6) is 0 Å². The molecule has 1 aliphatic heterocycles. The smallest absolute Gasteiger partial charge is 0.137 e. The molecule has 0 saturated heterocycles. The SMILES string of the molecule is CN1C(c2ccc(-c3ccc(CCC(c4ccccc4)c4cccc5ccccc45)cc3)cc2)=NC(c2ccc(-c3ccccc3)cc2)=CC1c1ccccc1. The molecule has 0 bridgehead atoms. The Kier molecular flexibility index (Phi) is 9.93. The number of benzene rings is 8. The minimum absolute atomic E-state index is 0.0572. The monoisotopic (exact) mass is 720 g/mol. The Balaban J connectivity index is 0.952. The van der Waals surface area contributed by atoms with E-state index in [-0.39, 0.29) is 6.04 Å². The number of rotatable bonds is 10. The van der Waals surface area contributed by atoms with Crippen molar-refractivity contribution in [2.45, 2.75) is 24.8 Å². The lowest BCUT2D eigenvalue weighted by Gasteiger charge is -2.33. The highest BCUT2D eigenvalue weighted by atomic mass is 15.2. The van der Waals surface area contributed by atoms with Gasteiger partial charge in [-0.2, -0.15) is 0 Å². The fraction of sp³-hybridized carbons (Fsp3) is 0.0926. The lowest BCUT2D eigenvalue weighted by molar-refractivity contribution is 0.435. The summed E-state index contributed by atoms with van der Waals surface area (Å²) in [6.45, 7) is 0. The number of hydrogen-bond acceptors (Lipinski definition) is 2. The van der Waals surface area contributed by atoms with Gasteiger partial charge in [-0.25, -0.2) is 4.99 Å². The van der Waals surface area contributed by atoms with E-state index >= 15 is 0 Å². The molecule has 0 fully saturated rings. The maximum absolute atomic E-state index is 5.29. The second-order valence-corrected chi connectivity index (χ2v) is 14.7. The average molecular weight is 721 g/mol. The van der Waals surface area contributed by atoms with Crippen molar-refractivity contribution >= 4 is 22.3 Å². The molecule has 1 aliphatic rings. The highest BCUT2D eigenvalue weighted by Gasteiger charge is 2.25. The zero-order chi connectivity index (χ0) is 37.7. The molecule has 2 unspecified atom stereocenters. The van der Waals surface area contributed by atoms with E-state index in [9.17, 15) is 0 Å². The van der Waals surface area contributed by atoms with Gasteiger partial charge in [-0.1, -0.05) is 206 Å². The Morgan fingerprint density at radius 2 is 1.00 bits per heavy atom. The number of likely N-dealkylation sites (N-methyl/N-ethyl adjacent to an activating group) is 1. The van der Waals surface area contributed by atoms with Gasteiger partial charge >= 0.3 is 0 Å². The summed E-state index contributed by atoms with van der Waals surface area (Å²) in [6.07, 6.45) is 4.33. The predicted octanol–water partition coefficient (Wildman–Crippen LogP) is 13.4. The van der Waals surface area contributed by atoms with Gasteiger partial charge in [0.15, 0.2) is 0 Å². The molecule has 56 heavy (non-hydrogen) atoms. The van der Waals surface area contributed by atoms with Crippen molar-refractivity contribution in [3.63, 3.8) is 0 Å². The van der Waals surface area contributed by atoms with Crippen molar-refractivity contribution in [2.24, 2.45) is 4.99 Å². The van der Waals surface area contributed by atoms with Gasteiger partial charge in [0.25, 0.3) is 0 Å². The van der Waals surface area contributed by atoms with Gasteiger partial charge < -0.3 is 4.90 Å². The molecule has 8 aromatic carbocycles. The van der Waals surface area contributed by atoms with Crippen molar-refractivity contribution in [2.75, 3.05) is 7.05 Å². The molecule has 8 aromatic rings. The number of nitrogens with zero attached hydrogens (tertiary/aromatic N) is 2. The van der Waals surface area contributed by atoms with E-state index in [0.29, 0.717) is 5.92 Å². The van der Waals surface area contributed by atoms with Crippen LogP contribution in [0.25, 0.3) is 38.7 Å². The molecule has 2 heteroatoms. The average Bonchev–Trinajstić information content (AvgIpc) is 3.28. The number of fused-ring (bicyclic) bond motifs is 1. The van der Waals surface area contributed by atoms with Crippen LogP contribution in [0, 0.1) is 0 Å². The van der Waals surface area contributed by atoms with Crippen molar-refractivity contribution < 1.29 is 0 Å². The molecule has 2 atom stereocenters. The van der Waals surface area contributed by atoms with Crippen LogP contribution in [0.3, 0.4) is 0 Å². The molecule has 0 radical (unpaired) electrons. The Hall–Kier alpha value is -6.77. The highest BCUT2D eigenvalue weighted by Crippen LogP contribution is 2.36. The van der Waals surface area contributed by atoms with Gasteiger partial charge in [-0.15, -0.1) is 0 Å². The van der Waals surface area contributed by atoms with Crippen LogP contribution in [0.2, 0.25) is 0 Å². The third-order valence-electron chi connectivity index (χ3n) is 11.3. The molecule has 0 aromatic heterocycles. The third kappa shape index (κ3) is 7.34. The van der Waals surface area contributed by atoms with Crippen LogP contribution >= 0.6 is 0 Å². The number of aryl methyl sites for hydroxylation is 1. The van der Waals surface area contributed by atoms with Crippen molar-refractivity contribution in [1.29, 1.82) is 0 Å². The van der Waals surface area contributed by atoms with Gasteiger partial charge in [-0.05, 0) is 79.8 Å². The Morgan fingerprint density at radius 3 is 1.68 bits per heavy atom. The summed E-state index contributed by atoms with van der Waals surface area (Å²) in [4.78, 5) is 7.59. The first-order valence-corrected chi connectivity index (χ1v) is 19.6. The first-order valence-electron chi connectivity index (χ1n) is 19.6. The number of aliphatic imine (C=N–C) groups is 1. The molecule has 0 amide bonds. The summed E-state index contributed by atoms with van der Waals surface area (Å²) in [5.41, 5.74) is 13.4. The summed E-state index contributed by atoms with van der Waals surface area (Å²) in [5.74, 6) is 1.28. The van der Waals surface area contributed by atoms with E-state index < -0.39 is 0 Å². The molecular weight excluding hydrogens is 677 g/mol. The molecule has 0 aliphatic carbocycles. The fourth-order valence-electron chi connectivity index (χ4n) is 8.21. The molecule has 1 heterocycles. The third-order valence-corrected chi connectivity index (χ3v) is 11.3. The lowest BCUT2D eigenvalue weighted by Crippen LogP contribution is -2.33. The summed E-state index contributed by atoms with van der Waals surface area (Å²) in [5, 5.41) is 2.64. The van der Waals surface area contributed by atoms with Crippen LogP contribution in [0.15, 0.2) is 217 Å². The highest BCUT2D eigenvalue weighted by molar-refractivity contribution is 6.03. The van der Waals surface area contributed by atoms with Crippen LogP contribution in [0.1, 0.15) is 51.8 Å². The van der Waals surface area contributed by atoms with Crippen LogP contribution < -0.4 is 0 Å². The summed E-state index contributed by atoms with van der Waals surface area (Å²) in [6, 6.07) is 74.6. The lowest BCUT2D eigenvalue weighted by atomic mass is 9.84. The van der Waals surface area contributed by atoms with Gasteiger partial charge in [0, 0.05) is 18.5 Å². The van der Waals surface area contributed by atoms with Crippen LogP contribution in [-0.2, 0) is 6.42 Å². The molecule has 270 valence electrons. The second kappa shape index (κ2) is 15.9. The molecule has 9 rings (SSSR count). The van der Waals surface area contributed by atoms with Gasteiger partial charge in [0.05, 0.1) is 11.7 Å². The van der Waals surface area contributed by atoms with E-state index in [4.69, 9.17) is 4.99 Å². The Morgan fingerprint density at radius 1 is 0.482 bits per heavy atom. The summed E-state index contributed by atoms with van der Waals surface area (Å²) < 4.78 is 0. The second-order valence-electron chi connectivity index (χ2n) is 14.7. The molecular formula is C54H44N2. The standard InChI is InChI=1S/C54H44N2/c1-56-53(47-19-9-4-10-20-47)38-52(46-33-29-42(30-34-46)40-14-5-2-6-15-40)55-54(56)48-35-31-43(32-36-48)41-27-24-39(25-28-41)26-37-50(44-16-7-3-8-17-44)51-23-13-21-45-18-11-12-22-49(45)51/h2-25,27-36,38,50,53H,26,37H2,1H3. The van der Waals surface area contributed by atoms with Crippen molar-refractivity contribution in [3.05, 3.63) is 246 Å². The number of hydrogen-bond donors (Lipinski definition) is 0. The maximum atomic E-state index is 5.29. The Bertz CT molecular complexity index is 2600. The van der Waals surface area contributed by atoms with Crippen molar-refractivity contribution in [1.82, 2.24) is 4.90 Å². The van der Waals surface area contributed by atoms with Gasteiger partial charge in [0.1, 0.15) is 5.84 Å². The molecule has 2 nitrogen and oxygen atoms in total. The molecule has 0 N–H and O–H groups in total. The largest absolute Gasteiger partial charge is 0.349 e. The number of amidine groups is 1. The zero-order valence-electron chi connectivity index (χ0n) is 31.7. The summed E-state index contributed by atoms with van der Waals surface area (Å²) >= 11 is 0. The van der Waals surface area contributed by atoms with E-state index in [1.54, 1.807) is 0 Å². The van der Waals surface area contributed by atoms with E-state index in [0.717, 1.165) is 35.5 Å². The Labute approximate surface area is 330 Å². The van der Waals surface area contributed by atoms with E-state index in [1.807, 2.05) is 0 Å². The first kappa shape index (κ1) is 35.0. The quantitative estimate of drug-likeness (QED) is 0.137. The van der Waals surface area contributed by atoms with E-state index in [1.165, 1.54) is 55.3 Å². The fourth-order valence-corrected chi connectivity index (χ4v) is 8.21. The maximum Gasteiger partial charge on any atom is 0.137 e. The van der Waals surface area contributed by atoms with E-state index in [2.05, 4.69) is 224 Å². The van der Waals surface area contributed by atoms with Gasteiger partial charge in [0.2, 0.25) is 0 Å². The minimum Gasteiger partial charge on any atom is -0.349 e. The van der Waals surface area contributed by atoms with Crippen LogP contribution in [0.4, 0.5) is 0 Å². The topological polar surface area (TPSA) is 15.6 Å². The van der Waals surface area contributed by atoms with Crippen molar-refractivity contribution in [3.8, 4) is 22.3 Å². The molecule has 0 spiro atoms. The normalized spacial score (nSPS) is 14.6. The molecule has 0 saturated carbocycles. The van der Waals surface area contributed by atoms with Gasteiger partial charge in [-0.3, -0.25) is 0 Å². The first-order chi connectivity index (χ1) is 27.7. The minimum atomic E-state index is 0.0572. The van der Waals surface area contributed by atoms with Crippen LogP contribution in [-0.4, -0.2) is 17.8 Å². The summed E-state index contributed by atoms with van der Waals surface area (Å²) in [7, 11) is 2.15.